The van der Waals surface area contributed by atoms with Crippen LogP contribution < -0.4 is 10.6 Å². The lowest BCUT2D eigenvalue weighted by atomic mass is 9.75. The van der Waals surface area contributed by atoms with Gasteiger partial charge in [-0.3, -0.25) is 14.5 Å². The van der Waals surface area contributed by atoms with E-state index in [1.165, 1.54) is 12.1 Å². The van der Waals surface area contributed by atoms with Crippen molar-refractivity contribution < 1.29 is 14.0 Å². The molecule has 32 heavy (non-hydrogen) atoms. The van der Waals surface area contributed by atoms with E-state index in [-0.39, 0.29) is 29.1 Å². The SMILES string of the molecule is C[C@H](N)C(=O)N1CCC2(CC1)C[C@H](CCN1CCN(c3ccc(F)cc3)CC1)N(C)C2=O. The summed E-state index contributed by atoms with van der Waals surface area (Å²) < 4.78 is 13.2. The Kier molecular flexibility index (Phi) is 6.72. The maximum absolute atomic E-state index is 13.2. The molecule has 2 N–H and O–H groups in total. The molecule has 1 aromatic carbocycles. The second-order valence-corrected chi connectivity index (χ2v) is 9.76. The van der Waals surface area contributed by atoms with E-state index in [1.807, 2.05) is 29.0 Å². The van der Waals surface area contributed by atoms with Gasteiger partial charge >= 0.3 is 0 Å². The van der Waals surface area contributed by atoms with Crippen LogP contribution in [0.3, 0.4) is 0 Å². The number of halogens is 1. The Morgan fingerprint density at radius 1 is 1.12 bits per heavy atom. The van der Waals surface area contributed by atoms with Crippen LogP contribution in [0.5, 0.6) is 0 Å². The number of piperidine rings is 1. The first kappa shape index (κ1) is 23.0. The van der Waals surface area contributed by atoms with Crippen molar-refractivity contribution in [1.29, 1.82) is 0 Å². The van der Waals surface area contributed by atoms with Gasteiger partial charge in [0.25, 0.3) is 0 Å². The molecule has 2 atom stereocenters. The Bertz CT molecular complexity index is 814. The molecule has 0 unspecified atom stereocenters. The average molecular weight is 446 g/mol. The van der Waals surface area contributed by atoms with E-state index < -0.39 is 6.04 Å². The standard InChI is InChI=1S/C24H36FN5O2/c1-18(26)22(31)30-11-8-24(9-12-30)17-21(27(2)23(24)32)7-10-28-13-15-29(16-14-28)20-5-3-19(25)4-6-20/h3-6,18,21H,7-17,26H2,1-2H3/t18-,21-/m0/s1. The second kappa shape index (κ2) is 9.35. The van der Waals surface area contributed by atoms with Gasteiger partial charge in [0.2, 0.25) is 11.8 Å². The van der Waals surface area contributed by atoms with Crippen LogP contribution >= 0.6 is 0 Å². The van der Waals surface area contributed by atoms with Gasteiger partial charge in [-0.2, -0.15) is 0 Å². The lowest BCUT2D eigenvalue weighted by Crippen LogP contribution is -2.50. The van der Waals surface area contributed by atoms with Crippen molar-refractivity contribution in [3.8, 4) is 0 Å². The number of anilines is 1. The summed E-state index contributed by atoms with van der Waals surface area (Å²) in [6, 6.07) is 6.49. The second-order valence-electron chi connectivity index (χ2n) is 9.76. The fourth-order valence-corrected chi connectivity index (χ4v) is 5.59. The normalized spacial score (nSPS) is 24.9. The van der Waals surface area contributed by atoms with E-state index in [2.05, 4.69) is 9.80 Å². The molecule has 3 aliphatic heterocycles. The minimum atomic E-state index is -0.484. The highest BCUT2D eigenvalue weighted by atomic mass is 19.1. The molecule has 0 radical (unpaired) electrons. The van der Waals surface area contributed by atoms with Crippen LogP contribution in [-0.4, -0.2) is 91.5 Å². The van der Waals surface area contributed by atoms with Crippen LogP contribution in [0.2, 0.25) is 0 Å². The number of benzene rings is 1. The Balaban J connectivity index is 1.26. The Hall–Kier alpha value is -2.19. The minimum Gasteiger partial charge on any atom is -0.369 e. The number of carbonyl (C=O) groups is 2. The molecule has 2 amide bonds. The summed E-state index contributed by atoms with van der Waals surface area (Å²) in [6.45, 7) is 7.75. The maximum Gasteiger partial charge on any atom is 0.239 e. The van der Waals surface area contributed by atoms with Crippen molar-refractivity contribution in [2.75, 3.05) is 57.8 Å². The lowest BCUT2D eigenvalue weighted by Gasteiger charge is -2.38. The van der Waals surface area contributed by atoms with Crippen molar-refractivity contribution in [3.05, 3.63) is 30.1 Å². The molecule has 1 spiro atoms. The lowest BCUT2D eigenvalue weighted by molar-refractivity contribution is -0.142. The van der Waals surface area contributed by atoms with E-state index >= 15 is 0 Å². The van der Waals surface area contributed by atoms with Gasteiger partial charge in [-0.05, 0) is 56.9 Å². The number of nitrogens with two attached hydrogens (primary N) is 1. The summed E-state index contributed by atoms with van der Waals surface area (Å²) in [5.41, 5.74) is 6.51. The molecule has 0 aromatic heterocycles. The summed E-state index contributed by atoms with van der Waals surface area (Å²) in [6.07, 6.45) is 3.34. The molecule has 3 heterocycles. The largest absolute Gasteiger partial charge is 0.369 e. The molecular weight excluding hydrogens is 409 g/mol. The Labute approximate surface area is 190 Å². The number of hydrogen-bond acceptors (Lipinski definition) is 5. The molecule has 0 bridgehead atoms. The first-order valence-electron chi connectivity index (χ1n) is 11.8. The molecular formula is C24H36FN5O2. The average Bonchev–Trinajstić information content (AvgIpc) is 3.03. The number of piperazine rings is 1. The number of likely N-dealkylation sites (tertiary alicyclic amines) is 2. The molecule has 0 aliphatic carbocycles. The van der Waals surface area contributed by atoms with Gasteiger partial charge in [0, 0.05) is 64.6 Å². The molecule has 1 aromatic rings. The highest BCUT2D eigenvalue weighted by Crippen LogP contribution is 2.44. The molecule has 176 valence electrons. The van der Waals surface area contributed by atoms with Gasteiger partial charge in [-0.1, -0.05) is 0 Å². The molecule has 7 nitrogen and oxygen atoms in total. The van der Waals surface area contributed by atoms with Gasteiger partial charge in [0.15, 0.2) is 0 Å². The first-order chi connectivity index (χ1) is 15.3. The number of nitrogens with zero attached hydrogens (tertiary/aromatic N) is 4. The van der Waals surface area contributed by atoms with E-state index in [4.69, 9.17) is 5.73 Å². The molecule has 4 rings (SSSR count). The smallest absolute Gasteiger partial charge is 0.239 e. The Morgan fingerprint density at radius 2 is 1.75 bits per heavy atom. The molecule has 0 saturated carbocycles. The summed E-state index contributed by atoms with van der Waals surface area (Å²) in [7, 11) is 1.94. The quantitative estimate of drug-likeness (QED) is 0.744. The highest BCUT2D eigenvalue weighted by Gasteiger charge is 2.51. The van der Waals surface area contributed by atoms with Crippen LogP contribution in [-0.2, 0) is 9.59 Å². The predicted molar refractivity (Wildman–Crippen MR) is 123 cm³/mol. The van der Waals surface area contributed by atoms with E-state index in [0.29, 0.717) is 13.1 Å². The van der Waals surface area contributed by atoms with Crippen LogP contribution in [0.15, 0.2) is 24.3 Å². The van der Waals surface area contributed by atoms with Gasteiger partial charge in [-0.15, -0.1) is 0 Å². The van der Waals surface area contributed by atoms with Crippen LogP contribution in [0.25, 0.3) is 0 Å². The Morgan fingerprint density at radius 3 is 2.34 bits per heavy atom. The molecule has 8 heteroatoms. The topological polar surface area (TPSA) is 73.1 Å². The minimum absolute atomic E-state index is 0.0185. The monoisotopic (exact) mass is 445 g/mol. The first-order valence-corrected chi connectivity index (χ1v) is 11.8. The number of carbonyl (C=O) groups excluding carboxylic acids is 2. The third kappa shape index (κ3) is 4.62. The third-order valence-electron chi connectivity index (χ3n) is 7.71. The summed E-state index contributed by atoms with van der Waals surface area (Å²) >= 11 is 0. The molecule has 3 aliphatic rings. The van der Waals surface area contributed by atoms with E-state index in [1.54, 1.807) is 6.92 Å². The zero-order chi connectivity index (χ0) is 22.9. The number of amides is 2. The third-order valence-corrected chi connectivity index (χ3v) is 7.71. The van der Waals surface area contributed by atoms with Crippen molar-refractivity contribution in [2.24, 2.45) is 11.1 Å². The van der Waals surface area contributed by atoms with Crippen molar-refractivity contribution in [3.63, 3.8) is 0 Å². The van der Waals surface area contributed by atoms with E-state index in [0.717, 1.165) is 64.1 Å². The molecule has 3 fully saturated rings. The van der Waals surface area contributed by atoms with Gasteiger partial charge < -0.3 is 20.4 Å². The van der Waals surface area contributed by atoms with Crippen molar-refractivity contribution in [1.82, 2.24) is 14.7 Å². The summed E-state index contributed by atoms with van der Waals surface area (Å²) in [5, 5.41) is 0. The van der Waals surface area contributed by atoms with Crippen molar-refractivity contribution >= 4 is 17.5 Å². The van der Waals surface area contributed by atoms with Crippen LogP contribution in [0, 0.1) is 11.2 Å². The zero-order valence-electron chi connectivity index (χ0n) is 19.3. The fourth-order valence-electron chi connectivity index (χ4n) is 5.59. The van der Waals surface area contributed by atoms with Crippen LogP contribution in [0.4, 0.5) is 10.1 Å². The highest BCUT2D eigenvalue weighted by molar-refractivity contribution is 5.86. The fraction of sp³-hybridized carbons (Fsp3) is 0.667. The number of rotatable bonds is 5. The van der Waals surface area contributed by atoms with Gasteiger partial charge in [0.05, 0.1) is 11.5 Å². The van der Waals surface area contributed by atoms with Crippen LogP contribution in [0.1, 0.15) is 32.6 Å². The predicted octanol–water partition coefficient (Wildman–Crippen LogP) is 1.52. The zero-order valence-corrected chi connectivity index (χ0v) is 19.3. The summed E-state index contributed by atoms with van der Waals surface area (Å²) in [4.78, 5) is 33.9. The summed E-state index contributed by atoms with van der Waals surface area (Å²) in [5.74, 6) is 0.0260. The van der Waals surface area contributed by atoms with E-state index in [9.17, 15) is 14.0 Å². The van der Waals surface area contributed by atoms with Gasteiger partial charge in [0.1, 0.15) is 5.82 Å². The number of hydrogen-bond donors (Lipinski definition) is 1. The van der Waals surface area contributed by atoms with Crippen molar-refractivity contribution in [2.45, 2.75) is 44.7 Å². The molecule has 3 saturated heterocycles. The maximum atomic E-state index is 13.2. The van der Waals surface area contributed by atoms with Gasteiger partial charge in [-0.25, -0.2) is 4.39 Å².